The SMILES string of the molecule is COc1cc(C(=O)c2cn(-c3cccc(C)c3)cc2-c2cccnc2)cc(OC)c1OC. The lowest BCUT2D eigenvalue weighted by Gasteiger charge is -2.14. The minimum absolute atomic E-state index is 0.158. The first-order chi connectivity index (χ1) is 15.5. The molecule has 4 rings (SSSR count). The van der Waals surface area contributed by atoms with Crippen LogP contribution < -0.4 is 14.2 Å². The van der Waals surface area contributed by atoms with Gasteiger partial charge in [0.2, 0.25) is 5.75 Å². The molecule has 0 aliphatic heterocycles. The topological polar surface area (TPSA) is 62.6 Å². The molecule has 0 fully saturated rings. The van der Waals surface area contributed by atoms with Gasteiger partial charge in [0.15, 0.2) is 17.3 Å². The highest BCUT2D eigenvalue weighted by molar-refractivity contribution is 6.13. The molecule has 0 radical (unpaired) electrons. The number of aryl methyl sites for hydroxylation is 1. The number of pyridine rings is 1. The summed E-state index contributed by atoms with van der Waals surface area (Å²) >= 11 is 0. The Hall–Kier alpha value is -4.06. The van der Waals surface area contributed by atoms with Crippen LogP contribution in [0.4, 0.5) is 0 Å². The second-order valence-corrected chi connectivity index (χ2v) is 7.32. The van der Waals surface area contributed by atoms with Crippen LogP contribution in [-0.2, 0) is 0 Å². The second-order valence-electron chi connectivity index (χ2n) is 7.32. The lowest BCUT2D eigenvalue weighted by molar-refractivity contribution is 0.103. The quantitative estimate of drug-likeness (QED) is 0.383. The van der Waals surface area contributed by atoms with E-state index in [1.54, 1.807) is 24.5 Å². The molecule has 0 atom stereocenters. The fourth-order valence-electron chi connectivity index (χ4n) is 3.69. The number of ether oxygens (including phenoxy) is 3. The van der Waals surface area contributed by atoms with E-state index < -0.39 is 0 Å². The summed E-state index contributed by atoms with van der Waals surface area (Å²) in [6.45, 7) is 2.04. The van der Waals surface area contributed by atoms with Crippen LogP contribution in [-0.4, -0.2) is 36.7 Å². The van der Waals surface area contributed by atoms with E-state index in [2.05, 4.69) is 11.1 Å². The van der Waals surface area contributed by atoms with E-state index in [1.165, 1.54) is 21.3 Å². The molecule has 2 aromatic carbocycles. The first kappa shape index (κ1) is 21.2. The van der Waals surface area contributed by atoms with Crippen LogP contribution in [0.1, 0.15) is 21.5 Å². The van der Waals surface area contributed by atoms with Gasteiger partial charge in [-0.1, -0.05) is 18.2 Å². The predicted molar refractivity (Wildman–Crippen MR) is 123 cm³/mol. The normalized spacial score (nSPS) is 10.6. The van der Waals surface area contributed by atoms with Crippen LogP contribution in [0, 0.1) is 6.92 Å². The molecule has 2 heterocycles. The van der Waals surface area contributed by atoms with E-state index in [0.717, 1.165) is 22.4 Å². The molecule has 6 nitrogen and oxygen atoms in total. The Labute approximate surface area is 187 Å². The van der Waals surface area contributed by atoms with Crippen molar-refractivity contribution >= 4 is 5.78 Å². The molecule has 0 saturated carbocycles. The Bertz CT molecular complexity index is 1240. The predicted octanol–water partition coefficient (Wildman–Crippen LogP) is 5.10. The van der Waals surface area contributed by atoms with E-state index in [9.17, 15) is 4.79 Å². The number of ketones is 1. The molecule has 0 bridgehead atoms. The third kappa shape index (κ3) is 3.95. The lowest BCUT2D eigenvalue weighted by atomic mass is 9.98. The van der Waals surface area contributed by atoms with Crippen LogP contribution in [0.2, 0.25) is 0 Å². The number of nitrogens with zero attached hydrogens (tertiary/aromatic N) is 2. The molecule has 162 valence electrons. The van der Waals surface area contributed by atoms with Gasteiger partial charge < -0.3 is 18.8 Å². The van der Waals surface area contributed by atoms with E-state index in [0.29, 0.717) is 28.4 Å². The minimum atomic E-state index is -0.158. The van der Waals surface area contributed by atoms with Gasteiger partial charge in [0.1, 0.15) is 0 Å². The van der Waals surface area contributed by atoms with Gasteiger partial charge in [0, 0.05) is 52.7 Å². The van der Waals surface area contributed by atoms with Crippen molar-refractivity contribution < 1.29 is 19.0 Å². The summed E-state index contributed by atoms with van der Waals surface area (Å²) in [5.41, 5.74) is 4.74. The Morgan fingerprint density at radius 2 is 1.66 bits per heavy atom. The van der Waals surface area contributed by atoms with Gasteiger partial charge in [-0.25, -0.2) is 0 Å². The van der Waals surface area contributed by atoms with Gasteiger partial charge in [0.25, 0.3) is 0 Å². The monoisotopic (exact) mass is 428 g/mol. The maximum absolute atomic E-state index is 13.7. The Balaban J connectivity index is 1.88. The largest absolute Gasteiger partial charge is 0.493 e. The van der Waals surface area contributed by atoms with Crippen LogP contribution in [0.25, 0.3) is 16.8 Å². The highest BCUT2D eigenvalue weighted by atomic mass is 16.5. The average Bonchev–Trinajstić information content (AvgIpc) is 3.28. The molecule has 2 aromatic heterocycles. The van der Waals surface area contributed by atoms with Gasteiger partial charge in [-0.2, -0.15) is 0 Å². The van der Waals surface area contributed by atoms with E-state index in [1.807, 2.05) is 54.2 Å². The van der Waals surface area contributed by atoms with Gasteiger partial charge in [0.05, 0.1) is 21.3 Å². The van der Waals surface area contributed by atoms with Gasteiger partial charge in [-0.05, 0) is 42.8 Å². The molecular formula is C26H24N2O4. The van der Waals surface area contributed by atoms with Crippen molar-refractivity contribution in [2.45, 2.75) is 6.92 Å². The zero-order valence-electron chi connectivity index (χ0n) is 18.5. The van der Waals surface area contributed by atoms with Crippen molar-refractivity contribution in [3.63, 3.8) is 0 Å². The summed E-state index contributed by atoms with van der Waals surface area (Å²) in [5, 5.41) is 0. The molecule has 0 amide bonds. The maximum atomic E-state index is 13.7. The van der Waals surface area contributed by atoms with Crippen molar-refractivity contribution in [3.05, 3.63) is 90.0 Å². The number of methoxy groups -OCH3 is 3. The highest BCUT2D eigenvalue weighted by Gasteiger charge is 2.22. The number of hydrogen-bond acceptors (Lipinski definition) is 5. The molecule has 32 heavy (non-hydrogen) atoms. The molecule has 6 heteroatoms. The molecule has 4 aromatic rings. The van der Waals surface area contributed by atoms with E-state index >= 15 is 0 Å². The van der Waals surface area contributed by atoms with Crippen LogP contribution in [0.15, 0.2) is 73.3 Å². The number of hydrogen-bond donors (Lipinski definition) is 0. The third-order valence-electron chi connectivity index (χ3n) is 5.27. The van der Waals surface area contributed by atoms with Crippen molar-refractivity contribution in [2.24, 2.45) is 0 Å². The molecule has 0 aliphatic rings. The minimum Gasteiger partial charge on any atom is -0.493 e. The fourth-order valence-corrected chi connectivity index (χ4v) is 3.69. The van der Waals surface area contributed by atoms with Crippen molar-refractivity contribution in [2.75, 3.05) is 21.3 Å². The molecule has 0 aliphatic carbocycles. The smallest absolute Gasteiger partial charge is 0.203 e. The third-order valence-corrected chi connectivity index (χ3v) is 5.27. The molecule has 0 spiro atoms. The fraction of sp³-hybridized carbons (Fsp3) is 0.154. The van der Waals surface area contributed by atoms with Crippen molar-refractivity contribution in [1.29, 1.82) is 0 Å². The number of carbonyl (C=O) groups is 1. The van der Waals surface area contributed by atoms with Crippen molar-refractivity contribution in [3.8, 4) is 34.1 Å². The van der Waals surface area contributed by atoms with Gasteiger partial charge in [-0.3, -0.25) is 9.78 Å². The van der Waals surface area contributed by atoms with Gasteiger partial charge in [-0.15, -0.1) is 0 Å². The summed E-state index contributed by atoms with van der Waals surface area (Å²) in [7, 11) is 4.59. The Kier molecular flexibility index (Phi) is 5.94. The maximum Gasteiger partial charge on any atom is 0.203 e. The summed E-state index contributed by atoms with van der Waals surface area (Å²) in [5.74, 6) is 1.14. The van der Waals surface area contributed by atoms with Gasteiger partial charge >= 0.3 is 0 Å². The molecule has 0 N–H and O–H groups in total. The first-order valence-corrected chi connectivity index (χ1v) is 10.1. The first-order valence-electron chi connectivity index (χ1n) is 10.1. The average molecular weight is 428 g/mol. The molecule has 0 unspecified atom stereocenters. The lowest BCUT2D eigenvalue weighted by Crippen LogP contribution is -2.04. The number of carbonyl (C=O) groups excluding carboxylic acids is 1. The van der Waals surface area contributed by atoms with Crippen molar-refractivity contribution in [1.82, 2.24) is 9.55 Å². The van der Waals surface area contributed by atoms with E-state index in [4.69, 9.17) is 14.2 Å². The summed E-state index contributed by atoms with van der Waals surface area (Å²) in [6.07, 6.45) is 7.27. The van der Waals surface area contributed by atoms with Crippen LogP contribution >= 0.6 is 0 Å². The Morgan fingerprint density at radius 3 is 2.25 bits per heavy atom. The summed E-state index contributed by atoms with van der Waals surface area (Å²) in [4.78, 5) is 17.9. The number of aromatic nitrogens is 2. The van der Waals surface area contributed by atoms with Crippen LogP contribution in [0.3, 0.4) is 0 Å². The van der Waals surface area contributed by atoms with Crippen LogP contribution in [0.5, 0.6) is 17.2 Å². The number of benzene rings is 2. The highest BCUT2D eigenvalue weighted by Crippen LogP contribution is 2.39. The second kappa shape index (κ2) is 8.98. The Morgan fingerprint density at radius 1 is 0.906 bits per heavy atom. The molecule has 0 saturated heterocycles. The zero-order valence-corrected chi connectivity index (χ0v) is 18.5. The zero-order chi connectivity index (χ0) is 22.7. The summed E-state index contributed by atoms with van der Waals surface area (Å²) < 4.78 is 18.2. The van der Waals surface area contributed by atoms with E-state index in [-0.39, 0.29) is 5.78 Å². The number of rotatable bonds is 7. The summed E-state index contributed by atoms with van der Waals surface area (Å²) in [6, 6.07) is 15.2. The molecular weight excluding hydrogens is 404 g/mol. The standard InChI is InChI=1S/C26H24N2O4/c1-17-7-5-9-20(11-17)28-15-21(18-8-6-10-27-14-18)22(16-28)25(29)19-12-23(30-2)26(32-4)24(13-19)31-3/h5-16H,1-4H3.